The maximum Gasteiger partial charge on any atom is 0.0929 e. The highest BCUT2D eigenvalue weighted by atomic mass is 79.9. The molecule has 4 saturated carbocycles. The Kier molecular flexibility index (Phi) is 2.18. The quantitative estimate of drug-likeness (QED) is 0.401. The molecule has 0 aromatic heterocycles. The van der Waals surface area contributed by atoms with Crippen molar-refractivity contribution in [3.8, 4) is 0 Å². The van der Waals surface area contributed by atoms with Gasteiger partial charge in [0.05, 0.1) is 6.47 Å². The fraction of sp³-hybridized carbons (Fsp3) is 1.00. The van der Waals surface area contributed by atoms with Crippen LogP contribution in [0.1, 0.15) is 38.5 Å². The Balaban J connectivity index is 1.76. The lowest BCUT2D eigenvalue weighted by atomic mass is 9.71. The Morgan fingerprint density at radius 2 is 1.19 bits per heavy atom. The summed E-state index contributed by atoms with van der Waals surface area (Å²) in [6.45, 7) is 0. The van der Waals surface area contributed by atoms with Crippen molar-refractivity contribution in [3.05, 3.63) is 0 Å². The van der Waals surface area contributed by atoms with Gasteiger partial charge in [0.15, 0.2) is 0 Å². The van der Waals surface area contributed by atoms with Crippen LogP contribution in [0.15, 0.2) is 0 Å². The van der Waals surface area contributed by atoms with E-state index in [0.29, 0.717) is 10.8 Å². The summed E-state index contributed by atoms with van der Waals surface area (Å²) in [4.78, 5) is 0. The van der Waals surface area contributed by atoms with E-state index in [-0.39, 0.29) is 6.47 Å². The van der Waals surface area contributed by atoms with Gasteiger partial charge in [0.25, 0.3) is 0 Å². The first-order chi connectivity index (χ1) is 7.39. The molecule has 0 radical (unpaired) electrons. The maximum absolute atomic E-state index is 4.03. The zero-order valence-corrected chi connectivity index (χ0v) is 15.3. The van der Waals surface area contributed by atoms with Gasteiger partial charge >= 0.3 is 0 Å². The van der Waals surface area contributed by atoms with Crippen molar-refractivity contribution < 1.29 is 0 Å². The van der Waals surface area contributed by atoms with Gasteiger partial charge in [-0.15, -0.1) is 0 Å². The molecular weight excluding hydrogens is 464 g/mol. The van der Waals surface area contributed by atoms with Gasteiger partial charge in [-0.1, -0.05) is 76.6 Å². The molecule has 0 aromatic rings. The molecule has 0 bridgehead atoms. The molecule has 0 spiro atoms. The fourth-order valence-corrected chi connectivity index (χ4v) is 9.43. The van der Waals surface area contributed by atoms with Crippen LogP contribution < -0.4 is 0 Å². The highest BCUT2D eigenvalue weighted by Crippen LogP contribution is 2.94. The average molecular weight is 478 g/mol. The predicted molar refractivity (Wildman–Crippen MR) is 80.7 cm³/mol. The molecule has 0 saturated heterocycles. The topological polar surface area (TPSA) is 0 Å². The second-order valence-electron chi connectivity index (χ2n) is 6.24. The van der Waals surface area contributed by atoms with Crippen molar-refractivity contribution >= 4 is 63.7 Å². The van der Waals surface area contributed by atoms with Crippen LogP contribution in [0.3, 0.4) is 0 Å². The minimum atomic E-state index is 0.264. The van der Waals surface area contributed by atoms with Gasteiger partial charge in [-0.2, -0.15) is 0 Å². The van der Waals surface area contributed by atoms with Crippen LogP contribution in [0.2, 0.25) is 0 Å². The van der Waals surface area contributed by atoms with E-state index in [4.69, 9.17) is 0 Å². The lowest BCUT2D eigenvalue weighted by Gasteiger charge is -2.32. The molecule has 90 valence electrons. The smallest absolute Gasteiger partial charge is 0.0721 e. The summed E-state index contributed by atoms with van der Waals surface area (Å²) in [5.41, 5.74) is 1.12. The number of alkyl halides is 4. The summed E-state index contributed by atoms with van der Waals surface area (Å²) in [7, 11) is 0. The molecule has 4 fully saturated rings. The Morgan fingerprint density at radius 1 is 0.750 bits per heavy atom. The SMILES string of the molecule is BrC1(Br)[C@H]2C[C@]34CCCC[C@@]3(C[C@@H]21)C4(Br)Br. The number of fused-ring (bicyclic) bond motifs is 1. The van der Waals surface area contributed by atoms with Gasteiger partial charge in [0.1, 0.15) is 0 Å². The lowest BCUT2D eigenvalue weighted by Crippen LogP contribution is -2.24. The van der Waals surface area contributed by atoms with Gasteiger partial charge < -0.3 is 0 Å². The van der Waals surface area contributed by atoms with Crippen LogP contribution in [-0.4, -0.2) is 6.47 Å². The normalized spacial score (nSPS) is 59.2. The molecule has 4 atom stereocenters. The van der Waals surface area contributed by atoms with E-state index in [1.54, 1.807) is 0 Å². The molecule has 0 aliphatic heterocycles. The molecule has 0 heterocycles. The number of rotatable bonds is 0. The third-order valence-electron chi connectivity index (χ3n) is 6.01. The second kappa shape index (κ2) is 2.98. The summed E-state index contributed by atoms with van der Waals surface area (Å²) in [6.07, 6.45) is 8.48. The van der Waals surface area contributed by atoms with E-state index in [1.807, 2.05) is 0 Å². The van der Waals surface area contributed by atoms with Crippen LogP contribution in [0, 0.1) is 22.7 Å². The van der Waals surface area contributed by atoms with Crippen molar-refractivity contribution in [2.24, 2.45) is 22.7 Å². The molecule has 16 heavy (non-hydrogen) atoms. The largest absolute Gasteiger partial charge is 0.0929 e. The maximum atomic E-state index is 4.03. The molecule has 0 amide bonds. The Bertz CT molecular complexity index is 345. The van der Waals surface area contributed by atoms with E-state index < -0.39 is 0 Å². The highest BCUT2D eigenvalue weighted by molar-refractivity contribution is 9.26. The van der Waals surface area contributed by atoms with Crippen molar-refractivity contribution in [2.45, 2.75) is 45.0 Å². The molecule has 4 rings (SSSR count). The monoisotopic (exact) mass is 474 g/mol. The average Bonchev–Trinajstić information content (AvgIpc) is 2.93. The summed E-state index contributed by atoms with van der Waals surface area (Å²) >= 11 is 15.8. The first-order valence-corrected chi connectivity index (χ1v) is 9.32. The van der Waals surface area contributed by atoms with E-state index in [1.165, 1.54) is 38.5 Å². The number of hydrogen-bond donors (Lipinski definition) is 0. The van der Waals surface area contributed by atoms with Crippen LogP contribution in [-0.2, 0) is 0 Å². The van der Waals surface area contributed by atoms with E-state index >= 15 is 0 Å². The number of hydrogen-bond acceptors (Lipinski definition) is 0. The Labute approximate surface area is 130 Å². The van der Waals surface area contributed by atoms with Gasteiger partial charge in [-0.25, -0.2) is 0 Å². The summed E-state index contributed by atoms with van der Waals surface area (Å²) in [6, 6.07) is 0. The third-order valence-corrected chi connectivity index (χ3v) is 11.4. The molecule has 4 aliphatic carbocycles. The zero-order chi connectivity index (χ0) is 11.4. The Morgan fingerprint density at radius 3 is 1.62 bits per heavy atom. The zero-order valence-electron chi connectivity index (χ0n) is 8.91. The standard InChI is InChI=1S/C12H14Br4/c13-11(14)7-5-9-3-1-2-4-10(9,6-8(7)11)12(9,15)16/h7-8H,1-6H2/t7-,8-,9-,10+/m0/s1. The van der Waals surface area contributed by atoms with E-state index in [9.17, 15) is 0 Å². The first-order valence-electron chi connectivity index (χ1n) is 6.15. The number of halogens is 4. The third kappa shape index (κ3) is 0.987. The first kappa shape index (κ1) is 11.7. The van der Waals surface area contributed by atoms with Crippen molar-refractivity contribution in [2.75, 3.05) is 0 Å². The van der Waals surface area contributed by atoms with Crippen molar-refractivity contribution in [1.82, 2.24) is 0 Å². The summed E-state index contributed by atoms with van der Waals surface area (Å²) < 4.78 is 0.549. The summed E-state index contributed by atoms with van der Waals surface area (Å²) in [5.74, 6) is 1.71. The fourth-order valence-electron chi connectivity index (χ4n) is 5.01. The van der Waals surface area contributed by atoms with Crippen LogP contribution >= 0.6 is 63.7 Å². The predicted octanol–water partition coefficient (Wildman–Crippen LogP) is 5.56. The lowest BCUT2D eigenvalue weighted by molar-refractivity contribution is 0.164. The second-order valence-corrected chi connectivity index (χ2v) is 13.4. The molecule has 0 unspecified atom stereocenters. The van der Waals surface area contributed by atoms with Crippen LogP contribution in [0.4, 0.5) is 0 Å². The van der Waals surface area contributed by atoms with Gasteiger partial charge in [0.2, 0.25) is 0 Å². The van der Waals surface area contributed by atoms with Crippen molar-refractivity contribution in [3.63, 3.8) is 0 Å². The molecule has 0 nitrogen and oxygen atoms in total. The molecular formula is C12H14Br4. The minimum Gasteiger partial charge on any atom is -0.0721 e. The van der Waals surface area contributed by atoms with Crippen molar-refractivity contribution in [1.29, 1.82) is 0 Å². The van der Waals surface area contributed by atoms with Crippen LogP contribution in [0.5, 0.6) is 0 Å². The molecule has 4 aliphatic rings. The van der Waals surface area contributed by atoms with E-state index in [2.05, 4.69) is 63.7 Å². The van der Waals surface area contributed by atoms with Crippen LogP contribution in [0.25, 0.3) is 0 Å². The summed E-state index contributed by atoms with van der Waals surface area (Å²) in [5, 5.41) is 0. The minimum absolute atomic E-state index is 0.264. The molecule has 0 N–H and O–H groups in total. The Hall–Kier alpha value is 1.92. The van der Waals surface area contributed by atoms with Gasteiger partial charge in [-0.05, 0) is 37.5 Å². The molecule has 0 aromatic carbocycles. The molecule has 4 heteroatoms. The van der Waals surface area contributed by atoms with Gasteiger partial charge in [-0.3, -0.25) is 0 Å². The highest BCUT2D eigenvalue weighted by Gasteiger charge is 2.90. The van der Waals surface area contributed by atoms with E-state index in [0.717, 1.165) is 11.8 Å². The van der Waals surface area contributed by atoms with Gasteiger partial charge in [0, 0.05) is 10.8 Å².